The van der Waals surface area contributed by atoms with Gasteiger partial charge in [-0.1, -0.05) is 18.2 Å². The summed E-state index contributed by atoms with van der Waals surface area (Å²) < 4.78 is 0. The second-order valence-electron chi connectivity index (χ2n) is 5.39. The maximum Gasteiger partial charge on any atom is 0.115 e. The normalized spacial score (nSPS) is 17.6. The molecule has 0 fully saturated rings. The van der Waals surface area contributed by atoms with E-state index in [2.05, 4.69) is 22.1 Å². The van der Waals surface area contributed by atoms with E-state index in [4.69, 9.17) is 0 Å². The average molecular weight is 254 g/mol. The molecule has 1 N–H and O–H groups in total. The molecule has 2 aromatic rings. The third-order valence-corrected chi connectivity index (χ3v) is 4.03. The molecule has 19 heavy (non-hydrogen) atoms. The number of aryl methyl sites for hydroxylation is 2. The van der Waals surface area contributed by atoms with Gasteiger partial charge in [0.1, 0.15) is 11.9 Å². The number of aliphatic hydroxyl groups is 1. The van der Waals surface area contributed by atoms with E-state index in [-0.39, 0.29) is 0 Å². The largest absolute Gasteiger partial charge is 0.381 e. The van der Waals surface area contributed by atoms with Gasteiger partial charge >= 0.3 is 0 Å². The van der Waals surface area contributed by atoms with Gasteiger partial charge in [0.25, 0.3) is 0 Å². The lowest BCUT2D eigenvalue weighted by atomic mass is 9.84. The van der Waals surface area contributed by atoms with Gasteiger partial charge in [-0.2, -0.15) is 0 Å². The fourth-order valence-corrected chi connectivity index (χ4v) is 2.75. The Balaban J connectivity index is 2.02. The van der Waals surface area contributed by atoms with E-state index in [1.807, 2.05) is 6.07 Å². The van der Waals surface area contributed by atoms with Crippen LogP contribution in [0.1, 0.15) is 42.0 Å². The second kappa shape index (κ2) is 4.74. The highest BCUT2D eigenvalue weighted by molar-refractivity contribution is 5.40. The Hall–Kier alpha value is -1.74. The van der Waals surface area contributed by atoms with Crippen LogP contribution >= 0.6 is 0 Å². The van der Waals surface area contributed by atoms with Crippen LogP contribution in [0.3, 0.4) is 0 Å². The molecule has 3 rings (SSSR count). The topological polar surface area (TPSA) is 46.0 Å². The molecule has 0 amide bonds. The van der Waals surface area contributed by atoms with Gasteiger partial charge in [-0.25, -0.2) is 9.97 Å². The van der Waals surface area contributed by atoms with E-state index in [0.717, 1.165) is 24.0 Å². The van der Waals surface area contributed by atoms with Crippen LogP contribution in [0.15, 0.2) is 36.9 Å². The van der Waals surface area contributed by atoms with E-state index in [1.54, 1.807) is 19.3 Å². The minimum absolute atomic E-state index is 0.728. The first-order valence-electron chi connectivity index (χ1n) is 6.78. The van der Waals surface area contributed by atoms with E-state index < -0.39 is 5.60 Å². The van der Waals surface area contributed by atoms with Crippen LogP contribution in [0, 0.1) is 0 Å². The van der Waals surface area contributed by atoms with Crippen LogP contribution in [-0.2, 0) is 18.4 Å². The Morgan fingerprint density at radius 2 is 1.68 bits per heavy atom. The van der Waals surface area contributed by atoms with Crippen LogP contribution < -0.4 is 0 Å². The van der Waals surface area contributed by atoms with Gasteiger partial charge in [0.05, 0.1) is 0 Å². The summed E-state index contributed by atoms with van der Waals surface area (Å²) in [6, 6.07) is 6.32. The van der Waals surface area contributed by atoms with Crippen LogP contribution in [0.4, 0.5) is 0 Å². The Labute approximate surface area is 113 Å². The van der Waals surface area contributed by atoms with Gasteiger partial charge in [0.2, 0.25) is 0 Å². The highest BCUT2D eigenvalue weighted by atomic mass is 16.3. The highest BCUT2D eigenvalue weighted by Crippen LogP contribution is 2.31. The molecule has 0 aliphatic heterocycles. The van der Waals surface area contributed by atoms with Crippen molar-refractivity contribution in [3.05, 3.63) is 59.2 Å². The summed E-state index contributed by atoms with van der Waals surface area (Å²) in [5.41, 5.74) is 3.41. The Kier molecular flexibility index (Phi) is 3.07. The number of fused-ring (bicyclic) bond motifs is 1. The number of rotatable bonds is 2. The second-order valence-corrected chi connectivity index (χ2v) is 5.39. The van der Waals surface area contributed by atoms with Crippen molar-refractivity contribution < 1.29 is 5.11 Å². The molecular weight excluding hydrogens is 236 g/mol. The number of benzene rings is 1. The molecule has 1 aliphatic rings. The average Bonchev–Trinajstić information content (AvgIpc) is 2.47. The summed E-state index contributed by atoms with van der Waals surface area (Å²) in [5.74, 6) is 0. The van der Waals surface area contributed by atoms with Crippen molar-refractivity contribution in [3.63, 3.8) is 0 Å². The van der Waals surface area contributed by atoms with Crippen molar-refractivity contribution in [2.24, 2.45) is 0 Å². The third-order valence-electron chi connectivity index (χ3n) is 4.03. The van der Waals surface area contributed by atoms with Crippen LogP contribution in [0.25, 0.3) is 0 Å². The van der Waals surface area contributed by atoms with Crippen molar-refractivity contribution in [2.45, 2.75) is 38.2 Å². The zero-order chi connectivity index (χ0) is 13.3. The summed E-state index contributed by atoms with van der Waals surface area (Å²) in [6.45, 7) is 1.80. The van der Waals surface area contributed by atoms with Crippen molar-refractivity contribution in [3.8, 4) is 0 Å². The molecule has 3 heteroatoms. The fourth-order valence-electron chi connectivity index (χ4n) is 2.75. The van der Waals surface area contributed by atoms with Gasteiger partial charge in [-0.15, -0.1) is 0 Å². The molecule has 1 aromatic heterocycles. The first kappa shape index (κ1) is 12.3. The minimum Gasteiger partial charge on any atom is -0.381 e. The lowest BCUT2D eigenvalue weighted by Crippen LogP contribution is -2.24. The van der Waals surface area contributed by atoms with Gasteiger partial charge in [0, 0.05) is 18.0 Å². The molecule has 0 radical (unpaired) electrons. The quantitative estimate of drug-likeness (QED) is 0.896. The van der Waals surface area contributed by atoms with E-state index in [1.165, 1.54) is 30.3 Å². The summed E-state index contributed by atoms with van der Waals surface area (Å²) in [5, 5.41) is 10.8. The molecule has 1 aliphatic carbocycles. The molecule has 0 saturated heterocycles. The maximum absolute atomic E-state index is 10.8. The van der Waals surface area contributed by atoms with E-state index in [0.29, 0.717) is 0 Å². The molecule has 1 unspecified atom stereocenters. The van der Waals surface area contributed by atoms with Crippen molar-refractivity contribution in [1.82, 2.24) is 9.97 Å². The Morgan fingerprint density at radius 1 is 1.00 bits per heavy atom. The lowest BCUT2D eigenvalue weighted by Gasteiger charge is -2.26. The molecular formula is C16H18N2O. The van der Waals surface area contributed by atoms with Gasteiger partial charge in [-0.3, -0.25) is 0 Å². The highest BCUT2D eigenvalue weighted by Gasteiger charge is 2.27. The third kappa shape index (κ3) is 2.26. The lowest BCUT2D eigenvalue weighted by molar-refractivity contribution is 0.101. The minimum atomic E-state index is -1.03. The smallest absolute Gasteiger partial charge is 0.115 e. The molecule has 1 aromatic carbocycles. The first-order valence-corrected chi connectivity index (χ1v) is 6.78. The number of hydrogen-bond donors (Lipinski definition) is 1. The molecule has 0 saturated carbocycles. The fraction of sp³-hybridized carbons (Fsp3) is 0.375. The summed E-state index contributed by atoms with van der Waals surface area (Å²) >= 11 is 0. The van der Waals surface area contributed by atoms with E-state index in [9.17, 15) is 5.11 Å². The first-order chi connectivity index (χ1) is 9.18. The Morgan fingerprint density at radius 3 is 2.42 bits per heavy atom. The molecule has 98 valence electrons. The van der Waals surface area contributed by atoms with Crippen LogP contribution in [0.2, 0.25) is 0 Å². The number of hydrogen-bond acceptors (Lipinski definition) is 3. The van der Waals surface area contributed by atoms with Crippen LogP contribution in [0.5, 0.6) is 0 Å². The summed E-state index contributed by atoms with van der Waals surface area (Å²) in [4.78, 5) is 7.99. The SMILES string of the molecule is CC(O)(c1cncnc1)c1ccc2c(c1)CCCC2. The zero-order valence-corrected chi connectivity index (χ0v) is 11.1. The van der Waals surface area contributed by atoms with Gasteiger partial charge < -0.3 is 5.11 Å². The Bertz CT molecular complexity index is 579. The maximum atomic E-state index is 10.8. The predicted octanol–water partition coefficient (Wildman–Crippen LogP) is 2.61. The molecule has 3 nitrogen and oxygen atoms in total. The van der Waals surface area contributed by atoms with Crippen molar-refractivity contribution in [1.29, 1.82) is 0 Å². The molecule has 0 bridgehead atoms. The molecule has 1 atom stereocenters. The van der Waals surface area contributed by atoms with Crippen molar-refractivity contribution in [2.75, 3.05) is 0 Å². The van der Waals surface area contributed by atoms with Crippen molar-refractivity contribution >= 4 is 0 Å². The monoisotopic (exact) mass is 254 g/mol. The summed E-state index contributed by atoms with van der Waals surface area (Å²) in [6.07, 6.45) is 9.62. The molecule has 0 spiro atoms. The van der Waals surface area contributed by atoms with Gasteiger partial charge in [-0.05, 0) is 49.3 Å². The standard InChI is InChI=1S/C16H18N2O/c1-16(19,15-9-17-11-18-10-15)14-7-6-12-4-2-3-5-13(12)8-14/h6-11,19H,2-5H2,1H3. The number of nitrogens with zero attached hydrogens (tertiary/aromatic N) is 2. The molecule has 1 heterocycles. The number of aromatic nitrogens is 2. The predicted molar refractivity (Wildman–Crippen MR) is 73.8 cm³/mol. The van der Waals surface area contributed by atoms with Crippen LogP contribution in [-0.4, -0.2) is 15.1 Å². The van der Waals surface area contributed by atoms with E-state index >= 15 is 0 Å². The summed E-state index contributed by atoms with van der Waals surface area (Å²) in [7, 11) is 0. The van der Waals surface area contributed by atoms with Gasteiger partial charge in [0.15, 0.2) is 0 Å². The zero-order valence-electron chi connectivity index (χ0n) is 11.1.